The molecule has 0 aromatic rings. The Bertz CT molecular complexity index is 833. The minimum atomic E-state index is -3.43. The van der Waals surface area contributed by atoms with Gasteiger partial charge in [0.2, 0.25) is 10.0 Å². The first-order chi connectivity index (χ1) is 15.2. The van der Waals surface area contributed by atoms with Crippen molar-refractivity contribution in [2.75, 3.05) is 6.54 Å². The van der Waals surface area contributed by atoms with Crippen LogP contribution < -0.4 is 15.6 Å². The third kappa shape index (κ3) is 4.52. The summed E-state index contributed by atoms with van der Waals surface area (Å²) >= 11 is 1.64. The van der Waals surface area contributed by atoms with E-state index in [2.05, 4.69) is 15.6 Å². The number of alkyl halides is 1. The van der Waals surface area contributed by atoms with E-state index < -0.39 is 21.4 Å². The lowest BCUT2D eigenvalue weighted by atomic mass is 9.86. The van der Waals surface area contributed by atoms with Crippen molar-refractivity contribution in [1.82, 2.24) is 25.4 Å². The number of sulfonamides is 1. The van der Waals surface area contributed by atoms with Crippen LogP contribution in [0.15, 0.2) is 0 Å². The number of carbonyl (C=O) groups is 1. The molecule has 3 saturated carbocycles. The molecule has 8 nitrogen and oxygen atoms in total. The van der Waals surface area contributed by atoms with Gasteiger partial charge in [-0.3, -0.25) is 4.90 Å². The number of nitrogens with one attached hydrogen (secondary N) is 3. The average Bonchev–Trinajstić information content (AvgIpc) is 3.19. The summed E-state index contributed by atoms with van der Waals surface area (Å²) in [5.74, 6) is 0.325. The third-order valence-corrected chi connectivity index (χ3v) is 11.2. The largest absolute Gasteiger partial charge is 0.322 e. The van der Waals surface area contributed by atoms with Gasteiger partial charge in [0.05, 0.1) is 22.7 Å². The number of hydrogen-bond acceptors (Lipinski definition) is 6. The molecule has 32 heavy (non-hydrogen) atoms. The molecule has 3 aliphatic carbocycles. The molecule has 5 atom stereocenters. The zero-order valence-electron chi connectivity index (χ0n) is 18.9. The quantitative estimate of drug-likeness (QED) is 0.531. The molecule has 5 unspecified atom stereocenters. The number of urea groups is 1. The molecule has 11 heteroatoms. The van der Waals surface area contributed by atoms with Gasteiger partial charge in [-0.25, -0.2) is 33.2 Å². The second-order valence-corrected chi connectivity index (χ2v) is 14.0. The first kappa shape index (κ1) is 23.1. The van der Waals surface area contributed by atoms with Crippen LogP contribution in [0.25, 0.3) is 0 Å². The molecule has 0 bridgehead atoms. The Kier molecular flexibility index (Phi) is 6.18. The van der Waals surface area contributed by atoms with E-state index in [1.165, 1.54) is 0 Å². The van der Waals surface area contributed by atoms with Crippen molar-refractivity contribution in [3.05, 3.63) is 0 Å². The molecule has 0 spiro atoms. The third-order valence-electron chi connectivity index (χ3n) is 8.01. The summed E-state index contributed by atoms with van der Waals surface area (Å²) < 4.78 is 42.8. The zero-order valence-corrected chi connectivity index (χ0v) is 20.6. The predicted molar refractivity (Wildman–Crippen MR) is 123 cm³/mol. The van der Waals surface area contributed by atoms with Crippen LogP contribution >= 0.6 is 11.8 Å². The van der Waals surface area contributed by atoms with Crippen LogP contribution in [0.1, 0.15) is 71.6 Å². The average molecular weight is 490 g/mol. The smallest absolute Gasteiger partial charge is 0.319 e. The summed E-state index contributed by atoms with van der Waals surface area (Å²) in [7, 11) is -3.43. The van der Waals surface area contributed by atoms with E-state index in [1.807, 2.05) is 23.6 Å². The van der Waals surface area contributed by atoms with Gasteiger partial charge in [0.15, 0.2) is 0 Å². The highest BCUT2D eigenvalue weighted by molar-refractivity contribution is 8.00. The molecular weight excluding hydrogens is 453 g/mol. The summed E-state index contributed by atoms with van der Waals surface area (Å²) in [4.78, 5) is 17.5. The van der Waals surface area contributed by atoms with Crippen molar-refractivity contribution in [3.63, 3.8) is 0 Å². The van der Waals surface area contributed by atoms with Crippen molar-refractivity contribution in [2.24, 2.45) is 5.92 Å². The molecule has 5 rings (SSSR count). The minimum absolute atomic E-state index is 0.0107. The Balaban J connectivity index is 1.34. The summed E-state index contributed by atoms with van der Waals surface area (Å²) in [6.45, 7) is 4.65. The molecule has 5 aliphatic rings. The topological polar surface area (TPSA) is 93.8 Å². The number of carbonyl (C=O) groups excluding carboxylic acids is 1. The van der Waals surface area contributed by atoms with Crippen molar-refractivity contribution >= 4 is 27.8 Å². The van der Waals surface area contributed by atoms with Gasteiger partial charge in [-0.1, -0.05) is 0 Å². The fourth-order valence-corrected chi connectivity index (χ4v) is 8.83. The van der Waals surface area contributed by atoms with Gasteiger partial charge in [-0.2, -0.15) is 0 Å². The summed E-state index contributed by atoms with van der Waals surface area (Å²) in [5.41, 5.74) is 5.89. The maximum Gasteiger partial charge on any atom is 0.322 e. The van der Waals surface area contributed by atoms with E-state index in [0.29, 0.717) is 44.6 Å². The van der Waals surface area contributed by atoms with Gasteiger partial charge in [-0.05, 0) is 77.6 Å². The number of amides is 2. The van der Waals surface area contributed by atoms with E-state index in [4.69, 9.17) is 0 Å². The highest BCUT2D eigenvalue weighted by atomic mass is 32.2. The number of nitrogens with zero attached hydrogens (tertiary/aromatic N) is 2. The minimum Gasteiger partial charge on any atom is -0.319 e. The maximum absolute atomic E-state index is 13.6. The molecule has 3 N–H and O–H groups in total. The Morgan fingerprint density at radius 3 is 2.47 bits per heavy atom. The summed E-state index contributed by atoms with van der Waals surface area (Å²) in [6, 6.07) is -0.130. The van der Waals surface area contributed by atoms with Gasteiger partial charge in [0, 0.05) is 12.1 Å². The lowest BCUT2D eigenvalue weighted by Crippen LogP contribution is -2.53. The number of rotatable bonds is 6. The van der Waals surface area contributed by atoms with Gasteiger partial charge in [0.25, 0.3) is 0 Å². The molecule has 182 valence electrons. The standard InChI is InChI=1S/C21H36FN5O3S2/c1-13-23-24-19(31-13)27-18-11-16(32(29,30)25-21(2)9-10-21)7-8-17(18)26(20(27)28)12-14-3-5-15(22)6-4-14/h13-19,23-25H,3-12H2,1-2H3. The van der Waals surface area contributed by atoms with Gasteiger partial charge in [-0.15, -0.1) is 11.8 Å². The number of hydrazine groups is 1. The summed E-state index contributed by atoms with van der Waals surface area (Å²) in [5, 5.41) is -0.310. The lowest BCUT2D eigenvalue weighted by molar-refractivity contribution is 0.143. The van der Waals surface area contributed by atoms with Crippen molar-refractivity contribution in [3.8, 4) is 0 Å². The first-order valence-corrected chi connectivity index (χ1v) is 14.6. The normalized spacial score (nSPS) is 41.7. The van der Waals surface area contributed by atoms with Gasteiger partial charge in [0.1, 0.15) is 11.7 Å². The fraction of sp³-hybridized carbons (Fsp3) is 0.952. The molecular formula is C21H36FN5O3S2. The van der Waals surface area contributed by atoms with E-state index in [9.17, 15) is 17.6 Å². The number of fused-ring (bicyclic) bond motifs is 1. The van der Waals surface area contributed by atoms with E-state index >= 15 is 0 Å². The van der Waals surface area contributed by atoms with Crippen LogP contribution in [-0.2, 0) is 10.0 Å². The Hall–Kier alpha value is -0.620. The fourth-order valence-electron chi connectivity index (χ4n) is 5.84. The van der Waals surface area contributed by atoms with Crippen molar-refractivity contribution in [2.45, 2.75) is 112 Å². The van der Waals surface area contributed by atoms with Gasteiger partial charge >= 0.3 is 6.03 Å². The Labute approximate surface area is 194 Å². The van der Waals surface area contributed by atoms with Crippen molar-refractivity contribution in [1.29, 1.82) is 0 Å². The molecule has 2 heterocycles. The highest BCUT2D eigenvalue weighted by Gasteiger charge is 2.54. The van der Waals surface area contributed by atoms with Crippen LogP contribution in [0.3, 0.4) is 0 Å². The van der Waals surface area contributed by atoms with E-state index in [0.717, 1.165) is 25.7 Å². The second-order valence-electron chi connectivity index (χ2n) is 10.7. The second kappa shape index (κ2) is 8.55. The summed E-state index contributed by atoms with van der Waals surface area (Å²) in [6.07, 6.45) is 5.57. The first-order valence-electron chi connectivity index (χ1n) is 12.1. The van der Waals surface area contributed by atoms with Crippen LogP contribution in [0.5, 0.6) is 0 Å². The molecule has 5 fully saturated rings. The molecule has 2 amide bonds. The highest BCUT2D eigenvalue weighted by Crippen LogP contribution is 2.42. The Morgan fingerprint density at radius 1 is 1.12 bits per heavy atom. The molecule has 0 aromatic carbocycles. The monoisotopic (exact) mass is 489 g/mol. The van der Waals surface area contributed by atoms with Crippen LogP contribution in [0.4, 0.5) is 9.18 Å². The molecule has 2 aliphatic heterocycles. The lowest BCUT2D eigenvalue weighted by Gasteiger charge is -2.38. The van der Waals surface area contributed by atoms with E-state index in [1.54, 1.807) is 11.8 Å². The van der Waals surface area contributed by atoms with Crippen LogP contribution in [0.2, 0.25) is 0 Å². The van der Waals surface area contributed by atoms with Gasteiger partial charge < -0.3 is 4.90 Å². The van der Waals surface area contributed by atoms with Crippen LogP contribution in [0, 0.1) is 5.92 Å². The number of hydrogen-bond donors (Lipinski definition) is 3. The number of thioether (sulfide) groups is 1. The molecule has 0 aromatic heterocycles. The Morgan fingerprint density at radius 2 is 1.84 bits per heavy atom. The van der Waals surface area contributed by atoms with Crippen molar-refractivity contribution < 1.29 is 17.6 Å². The SMILES string of the molecule is CC1NNC(N2C(=O)N(CC3CCC(F)CC3)C3CCC(S(=O)(=O)NC4(C)CC4)CC32)S1. The predicted octanol–water partition coefficient (Wildman–Crippen LogP) is 2.48. The zero-order chi connectivity index (χ0) is 22.7. The molecule has 0 radical (unpaired) electrons. The number of halogens is 1. The molecule has 2 saturated heterocycles. The van der Waals surface area contributed by atoms with Crippen LogP contribution in [-0.4, -0.2) is 70.7 Å². The maximum atomic E-state index is 13.6. The van der Waals surface area contributed by atoms with E-state index in [-0.39, 0.29) is 34.5 Å².